The Labute approximate surface area is 235 Å². The van der Waals surface area contributed by atoms with E-state index in [2.05, 4.69) is 23.0 Å². The van der Waals surface area contributed by atoms with Gasteiger partial charge in [0.1, 0.15) is 0 Å². The number of imide groups is 1. The Bertz CT molecular complexity index is 2080. The summed E-state index contributed by atoms with van der Waals surface area (Å²) >= 11 is 0. The van der Waals surface area contributed by atoms with Gasteiger partial charge in [-0.15, -0.1) is 0 Å². The van der Waals surface area contributed by atoms with E-state index in [0.29, 0.717) is 28.1 Å². The van der Waals surface area contributed by atoms with E-state index in [4.69, 9.17) is 6.57 Å². The molecule has 1 aromatic heterocycles. The minimum atomic E-state index is -0.326. The molecule has 0 saturated heterocycles. The predicted molar refractivity (Wildman–Crippen MR) is 159 cm³/mol. The highest BCUT2D eigenvalue weighted by atomic mass is 16.2. The Kier molecular flexibility index (Phi) is 5.32. The summed E-state index contributed by atoms with van der Waals surface area (Å²) in [5.41, 5.74) is 8.12. The van der Waals surface area contributed by atoms with Crippen LogP contribution >= 0.6 is 0 Å². The molecule has 2 heterocycles. The molecule has 0 bridgehead atoms. The lowest BCUT2D eigenvalue weighted by molar-refractivity contribution is 0.0693. The third kappa shape index (κ3) is 3.63. The minimum absolute atomic E-state index is 0.311. The molecule has 41 heavy (non-hydrogen) atoms. The lowest BCUT2D eigenvalue weighted by Gasteiger charge is -2.12. The van der Waals surface area contributed by atoms with Gasteiger partial charge in [-0.1, -0.05) is 48.5 Å². The van der Waals surface area contributed by atoms with Gasteiger partial charge in [-0.25, -0.2) is 4.85 Å². The van der Waals surface area contributed by atoms with Crippen molar-refractivity contribution >= 4 is 39.3 Å². The molecule has 0 aliphatic carbocycles. The summed E-state index contributed by atoms with van der Waals surface area (Å²) in [5, 5.41) is 11.4. The van der Waals surface area contributed by atoms with Crippen LogP contribution in [-0.4, -0.2) is 28.3 Å². The van der Waals surface area contributed by atoms with Gasteiger partial charge in [-0.3, -0.25) is 14.5 Å². The standard InChI is InChI=1S/C35H20N4O2/c1-37-26-9-4-8-23(17-26)25-13-15-31-29(19-25)28-18-24(22-7-3-6-21(16-22)20-36)12-14-30(28)39(31)32-11-5-10-27-33(32)35(41)38(2)34(27)40/h3-19H,2H3. The molecule has 0 radical (unpaired) electrons. The number of nitrogens with zero attached hydrogens (tertiary/aromatic N) is 4. The normalized spacial score (nSPS) is 12.5. The van der Waals surface area contributed by atoms with Crippen molar-refractivity contribution in [3.05, 3.63) is 131 Å². The molecule has 7 rings (SSSR count). The number of nitriles is 1. The molecule has 0 atom stereocenters. The summed E-state index contributed by atoms with van der Waals surface area (Å²) in [7, 11) is 1.51. The molecular weight excluding hydrogens is 508 g/mol. The van der Waals surface area contributed by atoms with Gasteiger partial charge in [0.15, 0.2) is 5.69 Å². The second-order valence-corrected chi connectivity index (χ2v) is 10.0. The average molecular weight is 529 g/mol. The van der Waals surface area contributed by atoms with Gasteiger partial charge < -0.3 is 4.57 Å². The van der Waals surface area contributed by atoms with Gasteiger partial charge in [0, 0.05) is 17.8 Å². The van der Waals surface area contributed by atoms with Crippen molar-refractivity contribution in [2.75, 3.05) is 7.05 Å². The smallest absolute Gasteiger partial charge is 0.263 e. The molecule has 6 aromatic rings. The van der Waals surface area contributed by atoms with Crippen LogP contribution in [0.2, 0.25) is 0 Å². The van der Waals surface area contributed by atoms with E-state index < -0.39 is 0 Å². The highest BCUT2D eigenvalue weighted by Crippen LogP contribution is 2.39. The number of hydrogen-bond acceptors (Lipinski definition) is 3. The van der Waals surface area contributed by atoms with Gasteiger partial charge in [-0.2, -0.15) is 5.26 Å². The summed E-state index contributed by atoms with van der Waals surface area (Å²) in [6.07, 6.45) is 0. The zero-order valence-corrected chi connectivity index (χ0v) is 21.9. The van der Waals surface area contributed by atoms with E-state index in [1.54, 1.807) is 18.2 Å². The fourth-order valence-corrected chi connectivity index (χ4v) is 5.74. The van der Waals surface area contributed by atoms with Gasteiger partial charge in [0.05, 0.1) is 46.1 Å². The molecule has 0 N–H and O–H groups in total. The van der Waals surface area contributed by atoms with E-state index in [1.807, 2.05) is 77.4 Å². The van der Waals surface area contributed by atoms with E-state index in [1.165, 1.54) is 7.05 Å². The minimum Gasteiger partial charge on any atom is -0.308 e. The summed E-state index contributed by atoms with van der Waals surface area (Å²) in [6.45, 7) is 7.43. The average Bonchev–Trinajstić information content (AvgIpc) is 3.47. The number of hydrogen-bond donors (Lipinski definition) is 0. The first-order valence-corrected chi connectivity index (χ1v) is 13.0. The lowest BCUT2D eigenvalue weighted by atomic mass is 9.99. The molecule has 6 nitrogen and oxygen atoms in total. The number of benzene rings is 5. The van der Waals surface area contributed by atoms with E-state index in [0.717, 1.165) is 49.0 Å². The molecule has 2 amide bonds. The van der Waals surface area contributed by atoms with Crippen molar-refractivity contribution in [3.63, 3.8) is 0 Å². The van der Waals surface area contributed by atoms with Crippen LogP contribution in [0.25, 0.3) is 54.6 Å². The molecule has 1 aliphatic heterocycles. The highest BCUT2D eigenvalue weighted by molar-refractivity contribution is 6.23. The summed E-state index contributed by atoms with van der Waals surface area (Å²) in [5.74, 6) is -0.637. The van der Waals surface area contributed by atoms with Crippen LogP contribution in [0.1, 0.15) is 26.3 Å². The van der Waals surface area contributed by atoms with Crippen molar-refractivity contribution in [1.82, 2.24) is 9.47 Å². The molecule has 6 heteroatoms. The predicted octanol–water partition coefficient (Wildman–Crippen LogP) is 7.77. The zero-order chi connectivity index (χ0) is 28.2. The topological polar surface area (TPSA) is 70.5 Å². The Morgan fingerprint density at radius 2 is 1.32 bits per heavy atom. The summed E-state index contributed by atoms with van der Waals surface area (Å²) in [6, 6.07) is 34.9. The van der Waals surface area contributed by atoms with Gasteiger partial charge >= 0.3 is 0 Å². The van der Waals surface area contributed by atoms with Crippen molar-refractivity contribution in [2.24, 2.45) is 0 Å². The number of carbonyl (C=O) groups is 2. The van der Waals surface area contributed by atoms with Crippen molar-refractivity contribution in [2.45, 2.75) is 0 Å². The fraction of sp³-hybridized carbons (Fsp3) is 0.0286. The summed E-state index contributed by atoms with van der Waals surface area (Å²) in [4.78, 5) is 30.8. The van der Waals surface area contributed by atoms with Crippen LogP contribution in [0.15, 0.2) is 103 Å². The molecule has 1 aliphatic rings. The first-order chi connectivity index (χ1) is 20.0. The maximum absolute atomic E-state index is 13.2. The fourth-order valence-electron chi connectivity index (χ4n) is 5.74. The molecule has 192 valence electrons. The largest absolute Gasteiger partial charge is 0.308 e. The second-order valence-electron chi connectivity index (χ2n) is 10.0. The van der Waals surface area contributed by atoms with E-state index in [-0.39, 0.29) is 11.8 Å². The number of carbonyl (C=O) groups excluding carboxylic acids is 2. The van der Waals surface area contributed by atoms with Crippen LogP contribution in [0.5, 0.6) is 0 Å². The van der Waals surface area contributed by atoms with E-state index in [9.17, 15) is 14.9 Å². The first kappa shape index (κ1) is 24.1. The SMILES string of the molecule is [C-]#[N+]c1cccc(-c2ccc3c(c2)c2cc(-c4cccc(C#N)c4)ccc2n3-c2cccc3c2C(=O)N(C)C3=O)c1. The Morgan fingerprint density at radius 1 is 0.707 bits per heavy atom. The maximum Gasteiger partial charge on any atom is 0.263 e. The lowest BCUT2D eigenvalue weighted by Crippen LogP contribution is -2.24. The molecule has 0 fully saturated rings. The van der Waals surface area contributed by atoms with Crippen molar-refractivity contribution in [1.29, 1.82) is 5.26 Å². The number of aromatic nitrogens is 1. The molecule has 0 saturated carbocycles. The Balaban J connectivity index is 1.54. The number of rotatable bonds is 3. The second kappa shape index (κ2) is 9.05. The molecular formula is C35H20N4O2. The van der Waals surface area contributed by atoms with Crippen molar-refractivity contribution in [3.8, 4) is 34.0 Å². The van der Waals surface area contributed by atoms with Crippen LogP contribution in [0.3, 0.4) is 0 Å². The summed E-state index contributed by atoms with van der Waals surface area (Å²) < 4.78 is 2.04. The molecule has 0 spiro atoms. The number of fused-ring (bicyclic) bond motifs is 4. The van der Waals surface area contributed by atoms with Crippen LogP contribution < -0.4 is 0 Å². The zero-order valence-electron chi connectivity index (χ0n) is 21.9. The molecule has 0 unspecified atom stereocenters. The first-order valence-electron chi connectivity index (χ1n) is 13.0. The Hall–Kier alpha value is -5.98. The maximum atomic E-state index is 13.2. The number of amides is 2. The quantitative estimate of drug-likeness (QED) is 0.174. The van der Waals surface area contributed by atoms with Gasteiger partial charge in [-0.05, 0) is 76.9 Å². The van der Waals surface area contributed by atoms with Gasteiger partial charge in [0.2, 0.25) is 0 Å². The van der Waals surface area contributed by atoms with Crippen molar-refractivity contribution < 1.29 is 9.59 Å². The Morgan fingerprint density at radius 3 is 1.98 bits per heavy atom. The molecule has 5 aromatic carbocycles. The monoisotopic (exact) mass is 528 g/mol. The van der Waals surface area contributed by atoms with Crippen LogP contribution in [-0.2, 0) is 0 Å². The van der Waals surface area contributed by atoms with E-state index >= 15 is 0 Å². The van der Waals surface area contributed by atoms with Gasteiger partial charge in [0.25, 0.3) is 11.8 Å². The third-order valence-corrected chi connectivity index (χ3v) is 7.74. The third-order valence-electron chi connectivity index (χ3n) is 7.74. The van der Waals surface area contributed by atoms with Crippen LogP contribution in [0, 0.1) is 17.9 Å². The highest BCUT2D eigenvalue weighted by Gasteiger charge is 2.35. The van der Waals surface area contributed by atoms with Crippen LogP contribution in [0.4, 0.5) is 5.69 Å².